The molecule has 0 saturated carbocycles. The van der Waals surface area contributed by atoms with Crippen molar-refractivity contribution in [2.45, 2.75) is 32.1 Å². The number of imidazole rings is 1. The van der Waals surface area contributed by atoms with Crippen molar-refractivity contribution in [3.8, 4) is 0 Å². The number of aromatic nitrogens is 3. The zero-order valence-corrected chi connectivity index (χ0v) is 18.3. The molecule has 1 atom stereocenters. The van der Waals surface area contributed by atoms with Crippen molar-refractivity contribution in [3.63, 3.8) is 0 Å². The van der Waals surface area contributed by atoms with E-state index in [1.54, 1.807) is 35.0 Å². The first-order chi connectivity index (χ1) is 15.5. The van der Waals surface area contributed by atoms with Crippen LogP contribution in [0.4, 0.5) is 4.39 Å². The normalized spacial score (nSPS) is 16.6. The standard InChI is InChI=1S/C24H22ClFN4O2/c1-15-22(30-14-18(25)7-8-21(30)28-15)24(31)29-9-3-5-17(13-29)23-27-12-20(32-23)11-16-4-2-6-19(26)10-16/h2,4,6-8,10,12,14,17H,3,5,9,11,13H2,1H3/t17-/m1/s1. The van der Waals surface area contributed by atoms with E-state index in [0.29, 0.717) is 53.2 Å². The van der Waals surface area contributed by atoms with Crippen molar-refractivity contribution in [1.82, 2.24) is 19.3 Å². The highest BCUT2D eigenvalue weighted by molar-refractivity contribution is 6.30. The van der Waals surface area contributed by atoms with Crippen LogP contribution in [0.5, 0.6) is 0 Å². The third-order valence-electron chi connectivity index (χ3n) is 5.86. The van der Waals surface area contributed by atoms with Gasteiger partial charge in [-0.05, 0) is 49.6 Å². The summed E-state index contributed by atoms with van der Waals surface area (Å²) in [7, 11) is 0. The van der Waals surface area contributed by atoms with Crippen LogP contribution >= 0.6 is 11.6 Å². The average Bonchev–Trinajstić information content (AvgIpc) is 3.37. The summed E-state index contributed by atoms with van der Waals surface area (Å²) in [5.41, 5.74) is 2.73. The first-order valence-electron chi connectivity index (χ1n) is 10.6. The summed E-state index contributed by atoms with van der Waals surface area (Å²) in [5, 5.41) is 0.547. The van der Waals surface area contributed by atoms with E-state index >= 15 is 0 Å². The molecule has 0 spiro atoms. The smallest absolute Gasteiger partial charge is 0.272 e. The van der Waals surface area contributed by atoms with Crippen LogP contribution in [-0.4, -0.2) is 38.3 Å². The number of oxazole rings is 1. The molecule has 0 aliphatic carbocycles. The van der Waals surface area contributed by atoms with Crippen LogP contribution in [0, 0.1) is 12.7 Å². The minimum absolute atomic E-state index is 0.0111. The van der Waals surface area contributed by atoms with E-state index in [2.05, 4.69) is 9.97 Å². The zero-order valence-electron chi connectivity index (χ0n) is 17.6. The molecule has 0 bridgehead atoms. The van der Waals surface area contributed by atoms with Gasteiger partial charge in [0.25, 0.3) is 5.91 Å². The van der Waals surface area contributed by atoms with Gasteiger partial charge in [0, 0.05) is 25.7 Å². The molecule has 0 radical (unpaired) electrons. The molecule has 1 aliphatic heterocycles. The van der Waals surface area contributed by atoms with Crippen molar-refractivity contribution in [2.24, 2.45) is 0 Å². The molecule has 1 saturated heterocycles. The van der Waals surface area contributed by atoms with Crippen LogP contribution in [0.25, 0.3) is 5.65 Å². The minimum atomic E-state index is -0.271. The van der Waals surface area contributed by atoms with E-state index in [0.717, 1.165) is 18.4 Å². The van der Waals surface area contributed by atoms with Gasteiger partial charge in [0.2, 0.25) is 0 Å². The fraction of sp³-hybridized carbons (Fsp3) is 0.292. The van der Waals surface area contributed by atoms with Crippen LogP contribution in [0.3, 0.4) is 0 Å². The number of benzene rings is 1. The summed E-state index contributed by atoms with van der Waals surface area (Å²) in [4.78, 5) is 24.2. The van der Waals surface area contributed by atoms with E-state index in [-0.39, 0.29) is 17.6 Å². The van der Waals surface area contributed by atoms with E-state index in [1.165, 1.54) is 12.1 Å². The Hall–Kier alpha value is -3.19. The highest BCUT2D eigenvalue weighted by atomic mass is 35.5. The summed E-state index contributed by atoms with van der Waals surface area (Å²) in [6.07, 6.45) is 5.63. The van der Waals surface area contributed by atoms with Gasteiger partial charge in [0.1, 0.15) is 22.9 Å². The monoisotopic (exact) mass is 452 g/mol. The lowest BCUT2D eigenvalue weighted by molar-refractivity contribution is 0.0690. The number of rotatable bonds is 4. The molecule has 5 rings (SSSR count). The highest BCUT2D eigenvalue weighted by Gasteiger charge is 2.30. The molecule has 1 aromatic carbocycles. The fourth-order valence-corrected chi connectivity index (χ4v) is 4.51. The quantitative estimate of drug-likeness (QED) is 0.435. The Kier molecular flexibility index (Phi) is 5.43. The van der Waals surface area contributed by atoms with Crippen molar-refractivity contribution in [3.05, 3.63) is 88.2 Å². The molecule has 4 aromatic rings. The number of pyridine rings is 1. The van der Waals surface area contributed by atoms with E-state index in [4.69, 9.17) is 16.0 Å². The number of hydrogen-bond donors (Lipinski definition) is 0. The van der Waals surface area contributed by atoms with E-state index in [1.807, 2.05) is 17.9 Å². The number of carbonyl (C=O) groups is 1. The van der Waals surface area contributed by atoms with Gasteiger partial charge in [-0.15, -0.1) is 0 Å². The summed E-state index contributed by atoms with van der Waals surface area (Å²) < 4.78 is 21.2. The predicted molar refractivity (Wildman–Crippen MR) is 119 cm³/mol. The number of fused-ring (bicyclic) bond motifs is 1. The lowest BCUT2D eigenvalue weighted by Crippen LogP contribution is -2.40. The van der Waals surface area contributed by atoms with Gasteiger partial charge in [0.15, 0.2) is 5.89 Å². The van der Waals surface area contributed by atoms with Crippen molar-refractivity contribution in [1.29, 1.82) is 0 Å². The number of hydrogen-bond acceptors (Lipinski definition) is 4. The van der Waals surface area contributed by atoms with Crippen molar-refractivity contribution >= 4 is 23.2 Å². The maximum atomic E-state index is 13.5. The maximum absolute atomic E-state index is 13.5. The van der Waals surface area contributed by atoms with Gasteiger partial charge in [-0.2, -0.15) is 0 Å². The number of piperidine rings is 1. The maximum Gasteiger partial charge on any atom is 0.272 e. The van der Waals surface area contributed by atoms with Crippen molar-refractivity contribution < 1.29 is 13.6 Å². The second-order valence-electron chi connectivity index (χ2n) is 8.18. The molecule has 32 heavy (non-hydrogen) atoms. The Morgan fingerprint density at radius 3 is 3.03 bits per heavy atom. The summed E-state index contributed by atoms with van der Waals surface area (Å²) in [5.74, 6) is 0.964. The second-order valence-corrected chi connectivity index (χ2v) is 8.62. The Labute approximate surface area is 189 Å². The fourth-order valence-electron chi connectivity index (χ4n) is 4.35. The van der Waals surface area contributed by atoms with Crippen LogP contribution in [-0.2, 0) is 6.42 Å². The molecule has 1 amide bonds. The molecule has 4 heterocycles. The van der Waals surface area contributed by atoms with Gasteiger partial charge < -0.3 is 9.32 Å². The highest BCUT2D eigenvalue weighted by Crippen LogP contribution is 2.29. The Balaban J connectivity index is 1.34. The second kappa shape index (κ2) is 8.39. The van der Waals surface area contributed by atoms with Crippen LogP contribution in [0.1, 0.15) is 52.2 Å². The molecular formula is C24H22ClFN4O2. The number of likely N-dealkylation sites (tertiary alicyclic amines) is 1. The number of amides is 1. The lowest BCUT2D eigenvalue weighted by Gasteiger charge is -2.31. The topological polar surface area (TPSA) is 63.6 Å². The Bertz CT molecular complexity index is 1300. The molecule has 0 N–H and O–H groups in total. The first kappa shape index (κ1) is 20.7. The van der Waals surface area contributed by atoms with Gasteiger partial charge in [-0.1, -0.05) is 23.7 Å². The largest absolute Gasteiger partial charge is 0.445 e. The SMILES string of the molecule is Cc1nc2ccc(Cl)cn2c1C(=O)N1CCC[C@@H](c2ncc(Cc3cccc(F)c3)o2)C1. The molecule has 3 aromatic heterocycles. The molecular weight excluding hydrogens is 431 g/mol. The molecule has 1 aliphatic rings. The summed E-state index contributed by atoms with van der Waals surface area (Å²) in [6.45, 7) is 3.02. The third kappa shape index (κ3) is 4.00. The average molecular weight is 453 g/mol. The van der Waals surface area contributed by atoms with E-state index < -0.39 is 0 Å². The third-order valence-corrected chi connectivity index (χ3v) is 6.08. The van der Waals surface area contributed by atoms with Crippen LogP contribution in [0.2, 0.25) is 5.02 Å². The molecule has 6 nitrogen and oxygen atoms in total. The van der Waals surface area contributed by atoms with Gasteiger partial charge in [-0.3, -0.25) is 9.20 Å². The molecule has 0 unspecified atom stereocenters. The Morgan fingerprint density at radius 1 is 1.31 bits per heavy atom. The minimum Gasteiger partial charge on any atom is -0.445 e. The zero-order chi connectivity index (χ0) is 22.2. The number of aryl methyl sites for hydroxylation is 1. The molecule has 8 heteroatoms. The van der Waals surface area contributed by atoms with Gasteiger partial charge in [-0.25, -0.2) is 14.4 Å². The van der Waals surface area contributed by atoms with Crippen molar-refractivity contribution in [2.75, 3.05) is 13.1 Å². The first-order valence-corrected chi connectivity index (χ1v) is 11.0. The summed E-state index contributed by atoms with van der Waals surface area (Å²) in [6, 6.07) is 10.0. The van der Waals surface area contributed by atoms with Crippen LogP contribution < -0.4 is 0 Å². The van der Waals surface area contributed by atoms with E-state index in [9.17, 15) is 9.18 Å². The van der Waals surface area contributed by atoms with Gasteiger partial charge >= 0.3 is 0 Å². The number of halogens is 2. The predicted octanol–water partition coefficient (Wildman–Crippen LogP) is 5.03. The Morgan fingerprint density at radius 2 is 2.19 bits per heavy atom. The number of nitrogens with zero attached hydrogens (tertiary/aromatic N) is 4. The van der Waals surface area contributed by atoms with Crippen LogP contribution in [0.15, 0.2) is 53.2 Å². The summed E-state index contributed by atoms with van der Waals surface area (Å²) >= 11 is 6.15. The lowest BCUT2D eigenvalue weighted by atomic mass is 9.97. The molecule has 164 valence electrons. The van der Waals surface area contributed by atoms with Gasteiger partial charge in [0.05, 0.1) is 22.8 Å². The molecule has 1 fully saturated rings. The number of carbonyl (C=O) groups excluding carboxylic acids is 1.